The van der Waals surface area contributed by atoms with E-state index in [1.165, 1.54) is 28.6 Å². The zero-order chi connectivity index (χ0) is 23.1. The summed E-state index contributed by atoms with van der Waals surface area (Å²) in [7, 11) is -7.70. The number of hydrogen-bond acceptors (Lipinski definition) is 8. The third-order valence-electron chi connectivity index (χ3n) is 5.52. The van der Waals surface area contributed by atoms with E-state index in [4.69, 9.17) is 18.9 Å². The predicted octanol–water partition coefficient (Wildman–Crippen LogP) is 1.36. The Kier molecular flexibility index (Phi) is 5.85. The molecule has 0 saturated heterocycles. The van der Waals surface area contributed by atoms with Crippen LogP contribution in [0.1, 0.15) is 12.8 Å². The van der Waals surface area contributed by atoms with Crippen LogP contribution in [0, 0.1) is 0 Å². The highest BCUT2D eigenvalue weighted by molar-refractivity contribution is 7.89. The second-order valence-electron chi connectivity index (χ2n) is 7.86. The minimum atomic E-state index is -3.86. The molecule has 33 heavy (non-hydrogen) atoms. The van der Waals surface area contributed by atoms with E-state index in [1.807, 2.05) is 0 Å². The van der Waals surface area contributed by atoms with Crippen LogP contribution in [0.2, 0.25) is 0 Å². The molecule has 2 aromatic carbocycles. The summed E-state index contributed by atoms with van der Waals surface area (Å²) in [6.45, 7) is 1.45. The average Bonchev–Trinajstić information content (AvgIpc) is 3.66. The molecule has 1 aliphatic carbocycles. The van der Waals surface area contributed by atoms with Crippen molar-refractivity contribution in [3.63, 3.8) is 0 Å². The summed E-state index contributed by atoms with van der Waals surface area (Å²) < 4.78 is 77.8. The Hall–Kier alpha value is -2.54. The Bertz CT molecular complexity index is 1260. The van der Waals surface area contributed by atoms with E-state index in [0.717, 1.165) is 12.8 Å². The molecule has 0 amide bonds. The standard InChI is InChI=1S/C21H24N2O8S2/c24-32(25,16-3-5-18-20(13-16)30-11-9-28-18)22-7-8-23(15-1-2-15)33(26,27)17-4-6-19-21(14-17)31-12-10-29-19/h3-6,13-15,22H,1-2,7-12H2. The molecule has 10 nitrogen and oxygen atoms in total. The van der Waals surface area contributed by atoms with Gasteiger partial charge in [-0.1, -0.05) is 0 Å². The number of hydrogen-bond donors (Lipinski definition) is 1. The number of benzene rings is 2. The first-order valence-corrected chi connectivity index (χ1v) is 13.6. The van der Waals surface area contributed by atoms with Crippen molar-refractivity contribution >= 4 is 20.0 Å². The van der Waals surface area contributed by atoms with Crippen molar-refractivity contribution in [2.75, 3.05) is 39.5 Å². The topological polar surface area (TPSA) is 120 Å². The molecule has 0 aromatic heterocycles. The summed E-state index contributed by atoms with van der Waals surface area (Å²) in [5.74, 6) is 1.75. The Balaban J connectivity index is 1.29. The highest BCUT2D eigenvalue weighted by Gasteiger charge is 2.38. The van der Waals surface area contributed by atoms with Gasteiger partial charge in [-0.25, -0.2) is 21.6 Å². The molecule has 3 aliphatic rings. The van der Waals surface area contributed by atoms with Crippen LogP contribution in [0.25, 0.3) is 0 Å². The summed E-state index contributed by atoms with van der Waals surface area (Å²) in [6.07, 6.45) is 1.47. The van der Waals surface area contributed by atoms with Crippen molar-refractivity contribution in [1.29, 1.82) is 0 Å². The second-order valence-corrected chi connectivity index (χ2v) is 11.5. The average molecular weight is 497 g/mol. The molecule has 2 aliphatic heterocycles. The first kappa shape index (κ1) is 22.3. The highest BCUT2D eigenvalue weighted by Crippen LogP contribution is 2.36. The monoisotopic (exact) mass is 496 g/mol. The largest absolute Gasteiger partial charge is 0.486 e. The summed E-state index contributed by atoms with van der Waals surface area (Å²) in [4.78, 5) is 0.118. The van der Waals surface area contributed by atoms with Gasteiger partial charge in [0.15, 0.2) is 23.0 Å². The van der Waals surface area contributed by atoms with Gasteiger partial charge in [-0.2, -0.15) is 4.31 Å². The van der Waals surface area contributed by atoms with Gasteiger partial charge in [0.2, 0.25) is 20.0 Å². The smallest absolute Gasteiger partial charge is 0.243 e. The van der Waals surface area contributed by atoms with Crippen LogP contribution in [0.3, 0.4) is 0 Å². The quantitative estimate of drug-likeness (QED) is 0.582. The molecular formula is C21H24N2O8S2. The lowest BCUT2D eigenvalue weighted by Gasteiger charge is -2.24. The predicted molar refractivity (Wildman–Crippen MR) is 117 cm³/mol. The molecule has 0 atom stereocenters. The van der Waals surface area contributed by atoms with Gasteiger partial charge in [0.25, 0.3) is 0 Å². The third kappa shape index (κ3) is 4.60. The van der Waals surface area contributed by atoms with Crippen molar-refractivity contribution in [3.8, 4) is 23.0 Å². The maximum absolute atomic E-state index is 13.3. The van der Waals surface area contributed by atoms with E-state index in [9.17, 15) is 16.8 Å². The second kappa shape index (κ2) is 8.67. The summed E-state index contributed by atoms with van der Waals surface area (Å²) in [6, 6.07) is 8.75. The number of ether oxygens (including phenoxy) is 4. The lowest BCUT2D eigenvalue weighted by molar-refractivity contribution is 0.171. The zero-order valence-electron chi connectivity index (χ0n) is 17.7. The number of fused-ring (bicyclic) bond motifs is 2. The molecule has 0 spiro atoms. The van der Waals surface area contributed by atoms with Gasteiger partial charge in [0, 0.05) is 31.3 Å². The highest BCUT2D eigenvalue weighted by atomic mass is 32.2. The minimum Gasteiger partial charge on any atom is -0.486 e. The molecule has 1 saturated carbocycles. The molecule has 2 heterocycles. The molecule has 5 rings (SSSR count). The van der Waals surface area contributed by atoms with E-state index in [1.54, 1.807) is 12.1 Å². The van der Waals surface area contributed by atoms with Crippen LogP contribution in [-0.4, -0.2) is 66.7 Å². The van der Waals surface area contributed by atoms with Crippen LogP contribution in [0.5, 0.6) is 23.0 Å². The molecule has 1 fully saturated rings. The summed E-state index contributed by atoms with van der Waals surface area (Å²) in [5, 5.41) is 0. The van der Waals surface area contributed by atoms with Crippen LogP contribution < -0.4 is 23.7 Å². The summed E-state index contributed by atoms with van der Waals surface area (Å²) >= 11 is 0. The van der Waals surface area contributed by atoms with E-state index in [0.29, 0.717) is 49.4 Å². The fraction of sp³-hybridized carbons (Fsp3) is 0.429. The molecule has 1 N–H and O–H groups in total. The Morgan fingerprint density at radius 1 is 0.758 bits per heavy atom. The van der Waals surface area contributed by atoms with E-state index < -0.39 is 20.0 Å². The van der Waals surface area contributed by atoms with Gasteiger partial charge in [-0.05, 0) is 37.1 Å². The number of sulfonamides is 2. The number of nitrogens with zero attached hydrogens (tertiary/aromatic N) is 1. The van der Waals surface area contributed by atoms with Crippen LogP contribution in [0.15, 0.2) is 46.2 Å². The number of nitrogens with one attached hydrogen (secondary N) is 1. The van der Waals surface area contributed by atoms with Crippen molar-refractivity contribution in [2.24, 2.45) is 0 Å². The molecule has 2 aromatic rings. The maximum atomic E-state index is 13.3. The maximum Gasteiger partial charge on any atom is 0.243 e. The molecule has 0 radical (unpaired) electrons. The van der Waals surface area contributed by atoms with Gasteiger partial charge in [0.1, 0.15) is 26.4 Å². The van der Waals surface area contributed by atoms with Crippen LogP contribution >= 0.6 is 0 Å². The molecule has 0 bridgehead atoms. The van der Waals surface area contributed by atoms with Crippen molar-refractivity contribution < 1.29 is 35.8 Å². The van der Waals surface area contributed by atoms with E-state index >= 15 is 0 Å². The van der Waals surface area contributed by atoms with E-state index in [-0.39, 0.29) is 28.9 Å². The number of rotatable bonds is 8. The van der Waals surface area contributed by atoms with Crippen molar-refractivity contribution in [1.82, 2.24) is 9.03 Å². The van der Waals surface area contributed by atoms with E-state index in [2.05, 4.69) is 4.72 Å². The van der Waals surface area contributed by atoms with Crippen LogP contribution in [-0.2, 0) is 20.0 Å². The summed E-state index contributed by atoms with van der Waals surface area (Å²) in [5.41, 5.74) is 0. The SMILES string of the molecule is O=S(=O)(NCCN(C1CC1)S(=O)(=O)c1ccc2c(c1)OCCO2)c1ccc2c(c1)OCCO2. The Morgan fingerprint density at radius 3 is 1.85 bits per heavy atom. The molecule has 0 unspecified atom stereocenters. The molecule has 12 heteroatoms. The minimum absolute atomic E-state index is 0.00518. The molecular weight excluding hydrogens is 472 g/mol. The van der Waals surface area contributed by atoms with Gasteiger partial charge in [-0.15, -0.1) is 0 Å². The Morgan fingerprint density at radius 2 is 1.27 bits per heavy atom. The zero-order valence-corrected chi connectivity index (χ0v) is 19.4. The van der Waals surface area contributed by atoms with Gasteiger partial charge >= 0.3 is 0 Å². The van der Waals surface area contributed by atoms with Crippen molar-refractivity contribution in [3.05, 3.63) is 36.4 Å². The normalized spacial score (nSPS) is 17.7. The fourth-order valence-electron chi connectivity index (χ4n) is 3.75. The lowest BCUT2D eigenvalue weighted by Crippen LogP contribution is -2.40. The Labute approximate surface area is 192 Å². The van der Waals surface area contributed by atoms with Gasteiger partial charge in [-0.3, -0.25) is 0 Å². The lowest BCUT2D eigenvalue weighted by atomic mass is 10.3. The van der Waals surface area contributed by atoms with Gasteiger partial charge < -0.3 is 18.9 Å². The fourth-order valence-corrected chi connectivity index (χ4v) is 6.48. The molecule has 178 valence electrons. The first-order chi connectivity index (χ1) is 15.8. The van der Waals surface area contributed by atoms with Crippen molar-refractivity contribution in [2.45, 2.75) is 28.7 Å². The van der Waals surface area contributed by atoms with Crippen LogP contribution in [0.4, 0.5) is 0 Å². The van der Waals surface area contributed by atoms with Gasteiger partial charge in [0.05, 0.1) is 9.79 Å². The first-order valence-electron chi connectivity index (χ1n) is 10.7. The third-order valence-corrected chi connectivity index (χ3v) is 8.93.